The summed E-state index contributed by atoms with van der Waals surface area (Å²) in [5, 5.41) is 17.5. The van der Waals surface area contributed by atoms with Gasteiger partial charge in [0.1, 0.15) is 11.8 Å². The number of phenolic OH excluding ortho intramolecular Hbond substituents is 1. The Hall–Kier alpha value is -1.30. The number of benzene rings is 1. The third-order valence-corrected chi connectivity index (χ3v) is 1.71. The molecule has 0 unspecified atom stereocenters. The molecule has 92 valence electrons. The summed E-state index contributed by atoms with van der Waals surface area (Å²) < 4.78 is 0. The van der Waals surface area contributed by atoms with E-state index in [-0.39, 0.29) is 24.6 Å². The van der Waals surface area contributed by atoms with Crippen LogP contribution >= 0.6 is 12.4 Å². The lowest BCUT2D eigenvalue weighted by Crippen LogP contribution is -2.32. The fourth-order valence-electron chi connectivity index (χ4n) is 0.973. The van der Waals surface area contributed by atoms with Crippen molar-refractivity contribution in [1.82, 2.24) is 0 Å². The number of nitrogens with two attached hydrogens (primary N) is 2. The van der Waals surface area contributed by atoms with Gasteiger partial charge in [-0.25, -0.2) is 0 Å². The molecule has 6 heteroatoms. The van der Waals surface area contributed by atoms with E-state index >= 15 is 0 Å². The fraction of sp³-hybridized carbons (Fsp3) is 0.300. The summed E-state index contributed by atoms with van der Waals surface area (Å²) >= 11 is 0. The van der Waals surface area contributed by atoms with E-state index in [2.05, 4.69) is 5.73 Å². The van der Waals surface area contributed by atoms with Crippen molar-refractivity contribution in [3.05, 3.63) is 29.8 Å². The molecule has 1 aromatic rings. The molecule has 0 aliphatic rings. The Kier molecular flexibility index (Phi) is 9.58. The molecular weight excluding hydrogens is 232 g/mol. The van der Waals surface area contributed by atoms with Gasteiger partial charge in [0, 0.05) is 0 Å². The molecule has 0 fully saturated rings. The Morgan fingerprint density at radius 3 is 2.12 bits per heavy atom. The number of phenols is 1. The highest BCUT2D eigenvalue weighted by Gasteiger charge is 2.11. The van der Waals surface area contributed by atoms with E-state index in [1.54, 1.807) is 12.1 Å². The third kappa shape index (κ3) is 6.23. The van der Waals surface area contributed by atoms with Gasteiger partial charge in [-0.15, -0.1) is 12.4 Å². The minimum Gasteiger partial charge on any atom is -0.508 e. The SMILES string of the molecule is CN.Cl.N[C@@H](Cc1ccc(O)cc1)C(=O)O. The molecule has 0 bridgehead atoms. The molecule has 0 saturated heterocycles. The van der Waals surface area contributed by atoms with Crippen molar-refractivity contribution < 1.29 is 15.0 Å². The molecule has 16 heavy (non-hydrogen) atoms. The number of hydrogen-bond donors (Lipinski definition) is 4. The number of carbonyl (C=O) groups is 1. The molecule has 1 atom stereocenters. The quantitative estimate of drug-likeness (QED) is 0.617. The molecule has 5 nitrogen and oxygen atoms in total. The third-order valence-electron chi connectivity index (χ3n) is 1.71. The maximum absolute atomic E-state index is 10.4. The van der Waals surface area contributed by atoms with Crippen LogP contribution in [0, 0.1) is 0 Å². The lowest BCUT2D eigenvalue weighted by Gasteiger charge is -2.05. The van der Waals surface area contributed by atoms with Crippen molar-refractivity contribution in [1.29, 1.82) is 0 Å². The summed E-state index contributed by atoms with van der Waals surface area (Å²) in [5.41, 5.74) is 10.6. The van der Waals surface area contributed by atoms with E-state index in [1.807, 2.05) is 0 Å². The van der Waals surface area contributed by atoms with Crippen molar-refractivity contribution in [3.63, 3.8) is 0 Å². The highest BCUT2D eigenvalue weighted by molar-refractivity contribution is 5.85. The van der Waals surface area contributed by atoms with Crippen molar-refractivity contribution >= 4 is 18.4 Å². The minimum atomic E-state index is -1.02. The predicted octanol–water partition coefficient (Wildman–Crippen LogP) is 0.343. The minimum absolute atomic E-state index is 0. The van der Waals surface area contributed by atoms with Crippen molar-refractivity contribution in [3.8, 4) is 5.75 Å². The highest BCUT2D eigenvalue weighted by Crippen LogP contribution is 2.10. The van der Waals surface area contributed by atoms with Crippen LogP contribution in [-0.2, 0) is 11.2 Å². The molecule has 0 aromatic heterocycles. The zero-order valence-electron chi connectivity index (χ0n) is 8.96. The first kappa shape index (κ1) is 17.1. The maximum atomic E-state index is 10.4. The molecule has 6 N–H and O–H groups in total. The summed E-state index contributed by atoms with van der Waals surface area (Å²) in [6, 6.07) is 5.42. The number of aromatic hydroxyl groups is 1. The summed E-state index contributed by atoms with van der Waals surface area (Å²) in [6.45, 7) is 0. The summed E-state index contributed by atoms with van der Waals surface area (Å²) in [5.74, 6) is -0.860. The van der Waals surface area contributed by atoms with Crippen LogP contribution in [0.3, 0.4) is 0 Å². The van der Waals surface area contributed by atoms with Crippen LogP contribution in [0.5, 0.6) is 5.75 Å². The molecule has 0 heterocycles. The van der Waals surface area contributed by atoms with Crippen molar-refractivity contribution in [2.75, 3.05) is 7.05 Å². The van der Waals surface area contributed by atoms with Gasteiger partial charge < -0.3 is 21.7 Å². The van der Waals surface area contributed by atoms with Gasteiger partial charge in [-0.2, -0.15) is 0 Å². The van der Waals surface area contributed by atoms with Crippen LogP contribution in [-0.4, -0.2) is 29.3 Å². The molecule has 0 saturated carbocycles. The molecule has 0 radical (unpaired) electrons. The monoisotopic (exact) mass is 248 g/mol. The Morgan fingerprint density at radius 2 is 1.75 bits per heavy atom. The zero-order chi connectivity index (χ0) is 11.8. The Bertz CT molecular complexity index is 303. The van der Waals surface area contributed by atoms with E-state index in [0.29, 0.717) is 0 Å². The van der Waals surface area contributed by atoms with Gasteiger partial charge >= 0.3 is 5.97 Å². The van der Waals surface area contributed by atoms with E-state index in [9.17, 15) is 4.79 Å². The van der Waals surface area contributed by atoms with Crippen LogP contribution < -0.4 is 11.5 Å². The van der Waals surface area contributed by atoms with Crippen LogP contribution in [0.15, 0.2) is 24.3 Å². The number of carboxylic acid groups (broad SMARTS) is 1. The first-order valence-corrected chi connectivity index (χ1v) is 4.43. The van der Waals surface area contributed by atoms with Crippen molar-refractivity contribution in [2.45, 2.75) is 12.5 Å². The van der Waals surface area contributed by atoms with Gasteiger partial charge in [-0.05, 0) is 31.2 Å². The molecular formula is C10H17ClN2O3. The lowest BCUT2D eigenvalue weighted by atomic mass is 10.1. The number of carboxylic acids is 1. The molecule has 1 aromatic carbocycles. The molecule has 0 amide bonds. The molecule has 0 spiro atoms. The van der Waals surface area contributed by atoms with E-state index in [4.69, 9.17) is 15.9 Å². The average molecular weight is 249 g/mol. The maximum Gasteiger partial charge on any atom is 0.320 e. The number of aliphatic carboxylic acids is 1. The van der Waals surface area contributed by atoms with E-state index in [0.717, 1.165) is 5.56 Å². The van der Waals surface area contributed by atoms with E-state index < -0.39 is 12.0 Å². The number of rotatable bonds is 3. The molecule has 0 aliphatic carbocycles. The van der Waals surface area contributed by atoms with Crippen molar-refractivity contribution in [2.24, 2.45) is 11.5 Å². The number of hydrogen-bond acceptors (Lipinski definition) is 4. The highest BCUT2D eigenvalue weighted by atomic mass is 35.5. The van der Waals surface area contributed by atoms with Gasteiger partial charge in [0.05, 0.1) is 0 Å². The second kappa shape index (κ2) is 8.96. The summed E-state index contributed by atoms with van der Waals surface area (Å²) in [4.78, 5) is 10.4. The van der Waals surface area contributed by atoms with Gasteiger partial charge in [0.25, 0.3) is 0 Å². The topological polar surface area (TPSA) is 110 Å². The van der Waals surface area contributed by atoms with Crippen LogP contribution in [0.2, 0.25) is 0 Å². The summed E-state index contributed by atoms with van der Waals surface area (Å²) in [7, 11) is 1.50. The van der Waals surface area contributed by atoms with Crippen LogP contribution in [0.4, 0.5) is 0 Å². The smallest absolute Gasteiger partial charge is 0.320 e. The molecule has 1 rings (SSSR count). The standard InChI is InChI=1S/C9H11NO3.CH5N.ClH/c10-8(9(12)13)5-6-1-3-7(11)4-2-6;1-2;/h1-4,8,11H,5,10H2,(H,12,13);2H2,1H3;1H/t8-;;/m0../s1. The van der Waals surface area contributed by atoms with Gasteiger partial charge in [0.15, 0.2) is 0 Å². The van der Waals surface area contributed by atoms with Crippen LogP contribution in [0.1, 0.15) is 5.56 Å². The zero-order valence-corrected chi connectivity index (χ0v) is 9.78. The largest absolute Gasteiger partial charge is 0.508 e. The van der Waals surface area contributed by atoms with Gasteiger partial charge in [-0.3, -0.25) is 4.79 Å². The average Bonchev–Trinajstić information content (AvgIpc) is 2.24. The van der Waals surface area contributed by atoms with Crippen LogP contribution in [0.25, 0.3) is 0 Å². The summed E-state index contributed by atoms with van der Waals surface area (Å²) in [6.07, 6.45) is 0.273. The van der Waals surface area contributed by atoms with E-state index in [1.165, 1.54) is 19.2 Å². The van der Waals surface area contributed by atoms with Gasteiger partial charge in [0.2, 0.25) is 0 Å². The second-order valence-electron chi connectivity index (χ2n) is 2.82. The Balaban J connectivity index is 0. The predicted molar refractivity (Wildman–Crippen MR) is 64.8 cm³/mol. The second-order valence-corrected chi connectivity index (χ2v) is 2.82. The first-order chi connectivity index (χ1) is 7.09. The number of halogens is 1. The Morgan fingerprint density at radius 1 is 1.31 bits per heavy atom. The van der Waals surface area contributed by atoms with Gasteiger partial charge in [-0.1, -0.05) is 12.1 Å². The first-order valence-electron chi connectivity index (χ1n) is 4.43. The Labute approximate surface area is 100 Å². The normalized spacial score (nSPS) is 10.4. The molecule has 0 aliphatic heterocycles. The lowest BCUT2D eigenvalue weighted by molar-refractivity contribution is -0.138. The fourth-order valence-corrected chi connectivity index (χ4v) is 0.973.